The van der Waals surface area contributed by atoms with Crippen LogP contribution >= 0.6 is 0 Å². The van der Waals surface area contributed by atoms with Crippen LogP contribution in [0.15, 0.2) is 18.2 Å². The van der Waals surface area contributed by atoms with E-state index >= 15 is 0 Å². The third-order valence-corrected chi connectivity index (χ3v) is 2.02. The molecule has 0 radical (unpaired) electrons. The maximum atomic E-state index is 12.8. The Labute approximate surface area is 71.9 Å². The van der Waals surface area contributed by atoms with Gasteiger partial charge in [0.1, 0.15) is 5.82 Å². The number of aliphatic hydroxyl groups is 1. The van der Waals surface area contributed by atoms with Crippen molar-refractivity contribution in [2.75, 3.05) is 6.61 Å². The summed E-state index contributed by atoms with van der Waals surface area (Å²) < 4.78 is 12.8. The minimum atomic E-state index is -0.191. The first-order valence-corrected chi connectivity index (χ1v) is 4.02. The van der Waals surface area contributed by atoms with Crippen LogP contribution in [0, 0.1) is 12.7 Å². The number of hydrogen-bond donors (Lipinski definition) is 1. The standard InChI is InChI=1S/C10H13FO/c1-7-5-9(8(2)6-12)3-4-10(7)11/h3-5,8,12H,6H2,1-2H3. The molecule has 1 aromatic carbocycles. The fourth-order valence-corrected chi connectivity index (χ4v) is 1.08. The van der Waals surface area contributed by atoms with Gasteiger partial charge in [0.15, 0.2) is 0 Å². The summed E-state index contributed by atoms with van der Waals surface area (Å²) in [5.41, 5.74) is 1.62. The van der Waals surface area contributed by atoms with Crippen LogP contribution in [-0.4, -0.2) is 11.7 Å². The first-order chi connectivity index (χ1) is 5.65. The predicted molar refractivity (Wildman–Crippen MR) is 46.6 cm³/mol. The molecule has 1 aromatic rings. The smallest absolute Gasteiger partial charge is 0.126 e. The monoisotopic (exact) mass is 168 g/mol. The molecule has 0 aromatic heterocycles. The van der Waals surface area contributed by atoms with Crippen LogP contribution in [-0.2, 0) is 0 Å². The maximum absolute atomic E-state index is 12.8. The van der Waals surface area contributed by atoms with Gasteiger partial charge in [0.25, 0.3) is 0 Å². The van der Waals surface area contributed by atoms with Gasteiger partial charge in [-0.05, 0) is 24.1 Å². The van der Waals surface area contributed by atoms with E-state index in [1.165, 1.54) is 6.07 Å². The summed E-state index contributed by atoms with van der Waals surface area (Å²) in [5, 5.41) is 8.85. The molecule has 1 unspecified atom stereocenters. The molecule has 0 heterocycles. The molecule has 0 aliphatic carbocycles. The maximum Gasteiger partial charge on any atom is 0.126 e. The molecule has 1 N–H and O–H groups in total. The lowest BCUT2D eigenvalue weighted by molar-refractivity contribution is 0.273. The van der Waals surface area contributed by atoms with E-state index < -0.39 is 0 Å². The average Bonchev–Trinajstić information content (AvgIpc) is 2.08. The number of benzene rings is 1. The Morgan fingerprint density at radius 3 is 2.67 bits per heavy atom. The molecule has 2 heteroatoms. The second-order valence-electron chi connectivity index (χ2n) is 3.09. The summed E-state index contributed by atoms with van der Waals surface area (Å²) in [6.07, 6.45) is 0. The van der Waals surface area contributed by atoms with Crippen LogP contribution in [0.1, 0.15) is 24.0 Å². The van der Waals surface area contributed by atoms with Crippen molar-refractivity contribution in [3.8, 4) is 0 Å². The van der Waals surface area contributed by atoms with E-state index in [2.05, 4.69) is 0 Å². The van der Waals surface area contributed by atoms with Gasteiger partial charge in [0.05, 0.1) is 0 Å². The summed E-state index contributed by atoms with van der Waals surface area (Å²) >= 11 is 0. The molecule has 1 rings (SSSR count). The topological polar surface area (TPSA) is 20.2 Å². The largest absolute Gasteiger partial charge is 0.396 e. The van der Waals surface area contributed by atoms with Crippen LogP contribution in [0.3, 0.4) is 0 Å². The first-order valence-electron chi connectivity index (χ1n) is 4.02. The molecule has 12 heavy (non-hydrogen) atoms. The van der Waals surface area contributed by atoms with Gasteiger partial charge in [-0.25, -0.2) is 4.39 Å². The quantitative estimate of drug-likeness (QED) is 0.718. The molecule has 0 aliphatic heterocycles. The molecule has 0 saturated heterocycles. The lowest BCUT2D eigenvalue weighted by Crippen LogP contribution is -1.99. The van der Waals surface area contributed by atoms with E-state index in [-0.39, 0.29) is 18.3 Å². The fraction of sp³-hybridized carbons (Fsp3) is 0.400. The minimum absolute atomic E-state index is 0.0873. The Hall–Kier alpha value is -0.890. The Morgan fingerprint density at radius 2 is 2.17 bits per heavy atom. The number of halogens is 1. The molecule has 1 atom stereocenters. The van der Waals surface area contributed by atoms with Crippen molar-refractivity contribution in [2.45, 2.75) is 19.8 Å². The summed E-state index contributed by atoms with van der Waals surface area (Å²) in [6.45, 7) is 3.74. The van der Waals surface area contributed by atoms with Crippen LogP contribution < -0.4 is 0 Å². The first kappa shape index (κ1) is 9.20. The Morgan fingerprint density at radius 1 is 1.50 bits per heavy atom. The van der Waals surface area contributed by atoms with E-state index in [0.29, 0.717) is 5.56 Å². The highest BCUT2D eigenvalue weighted by Gasteiger charge is 2.05. The average molecular weight is 168 g/mol. The molecule has 0 aliphatic rings. The number of aryl methyl sites for hydroxylation is 1. The number of hydrogen-bond acceptors (Lipinski definition) is 1. The second-order valence-corrected chi connectivity index (χ2v) is 3.09. The highest BCUT2D eigenvalue weighted by Crippen LogP contribution is 2.17. The van der Waals surface area contributed by atoms with Crippen molar-refractivity contribution >= 4 is 0 Å². The summed E-state index contributed by atoms with van der Waals surface area (Å²) in [6, 6.07) is 4.93. The van der Waals surface area contributed by atoms with E-state index in [1.807, 2.05) is 6.92 Å². The molecular formula is C10H13FO. The van der Waals surface area contributed by atoms with Gasteiger partial charge in [0, 0.05) is 12.5 Å². The highest BCUT2D eigenvalue weighted by atomic mass is 19.1. The zero-order valence-electron chi connectivity index (χ0n) is 7.34. The molecule has 0 bridgehead atoms. The van der Waals surface area contributed by atoms with Crippen molar-refractivity contribution in [3.05, 3.63) is 35.1 Å². The molecular weight excluding hydrogens is 155 g/mol. The van der Waals surface area contributed by atoms with Crippen LogP contribution in [0.4, 0.5) is 4.39 Å². The SMILES string of the molecule is Cc1cc(C(C)CO)ccc1F. The third-order valence-electron chi connectivity index (χ3n) is 2.02. The zero-order chi connectivity index (χ0) is 9.14. The van der Waals surface area contributed by atoms with Gasteiger partial charge in [-0.2, -0.15) is 0 Å². The van der Waals surface area contributed by atoms with E-state index in [0.717, 1.165) is 5.56 Å². The highest BCUT2D eigenvalue weighted by molar-refractivity contribution is 5.26. The summed E-state index contributed by atoms with van der Waals surface area (Å²) in [5.74, 6) is -0.104. The summed E-state index contributed by atoms with van der Waals surface area (Å²) in [7, 11) is 0. The van der Waals surface area contributed by atoms with E-state index in [1.54, 1.807) is 19.1 Å². The normalized spacial score (nSPS) is 13.0. The van der Waals surface area contributed by atoms with Crippen LogP contribution in [0.5, 0.6) is 0 Å². The van der Waals surface area contributed by atoms with Gasteiger partial charge < -0.3 is 5.11 Å². The fourth-order valence-electron chi connectivity index (χ4n) is 1.08. The Bertz CT molecular complexity index is 271. The van der Waals surface area contributed by atoms with Crippen LogP contribution in [0.2, 0.25) is 0 Å². The summed E-state index contributed by atoms with van der Waals surface area (Å²) in [4.78, 5) is 0. The van der Waals surface area contributed by atoms with E-state index in [9.17, 15) is 4.39 Å². The van der Waals surface area contributed by atoms with E-state index in [4.69, 9.17) is 5.11 Å². The molecule has 0 amide bonds. The van der Waals surface area contributed by atoms with Crippen molar-refractivity contribution in [2.24, 2.45) is 0 Å². The van der Waals surface area contributed by atoms with Gasteiger partial charge >= 0.3 is 0 Å². The molecule has 0 fully saturated rings. The molecule has 0 spiro atoms. The van der Waals surface area contributed by atoms with Gasteiger partial charge in [-0.3, -0.25) is 0 Å². The van der Waals surface area contributed by atoms with Crippen LogP contribution in [0.25, 0.3) is 0 Å². The van der Waals surface area contributed by atoms with Crippen molar-refractivity contribution in [1.29, 1.82) is 0 Å². The van der Waals surface area contributed by atoms with Gasteiger partial charge in [-0.15, -0.1) is 0 Å². The van der Waals surface area contributed by atoms with Crippen molar-refractivity contribution in [3.63, 3.8) is 0 Å². The molecule has 0 saturated carbocycles. The predicted octanol–water partition coefficient (Wildman–Crippen LogP) is 2.23. The number of aliphatic hydroxyl groups excluding tert-OH is 1. The van der Waals surface area contributed by atoms with Crippen molar-refractivity contribution in [1.82, 2.24) is 0 Å². The van der Waals surface area contributed by atoms with Gasteiger partial charge in [0.2, 0.25) is 0 Å². The van der Waals surface area contributed by atoms with Gasteiger partial charge in [-0.1, -0.05) is 19.1 Å². The third kappa shape index (κ3) is 1.83. The lowest BCUT2D eigenvalue weighted by atomic mass is 10.0. The second kappa shape index (κ2) is 3.68. The molecule has 66 valence electrons. The Kier molecular flexibility index (Phi) is 2.82. The Balaban J connectivity index is 2.96. The minimum Gasteiger partial charge on any atom is -0.396 e. The number of rotatable bonds is 2. The zero-order valence-corrected chi connectivity index (χ0v) is 7.34. The lowest BCUT2D eigenvalue weighted by Gasteiger charge is -2.08. The van der Waals surface area contributed by atoms with Crippen molar-refractivity contribution < 1.29 is 9.50 Å². The molecule has 1 nitrogen and oxygen atoms in total.